The van der Waals surface area contributed by atoms with Gasteiger partial charge in [-0.25, -0.2) is 18.4 Å². The van der Waals surface area contributed by atoms with Gasteiger partial charge in [0, 0.05) is 0 Å². The van der Waals surface area contributed by atoms with Crippen LogP contribution in [0.15, 0.2) is 0 Å². The van der Waals surface area contributed by atoms with Crippen molar-refractivity contribution in [3.8, 4) is 0 Å². The van der Waals surface area contributed by atoms with Crippen molar-refractivity contribution in [1.82, 2.24) is 0 Å². The van der Waals surface area contributed by atoms with Crippen molar-refractivity contribution in [1.29, 1.82) is 0 Å². The molecule has 0 aliphatic rings. The largest absolute Gasteiger partial charge is 0.469 e. The zero-order chi connectivity index (χ0) is 8.08. The third-order valence-corrected chi connectivity index (χ3v) is 0.730. The number of hydrogen-bond donors (Lipinski definition) is 2. The van der Waals surface area contributed by atoms with Crippen LogP contribution in [-0.4, -0.2) is 26.0 Å². The summed E-state index contributed by atoms with van der Waals surface area (Å²) in [5.41, 5.74) is 0. The molecule has 7 heteroatoms. The lowest BCUT2D eigenvalue weighted by atomic mass is 11.6. The molecule has 5 nitrogen and oxygen atoms in total. The van der Waals surface area contributed by atoms with Gasteiger partial charge in [0.2, 0.25) is 0 Å². The Kier molecular flexibility index (Phi) is 5.22. The smallest absolute Gasteiger partial charge is 0.437 e. The van der Waals surface area contributed by atoms with E-state index in [-0.39, 0.29) is 0 Å². The number of sulfonamides is 1. The fourth-order valence-corrected chi connectivity index (χ4v) is 0. The van der Waals surface area contributed by atoms with Crippen molar-refractivity contribution < 1.29 is 22.7 Å². The molecule has 0 aromatic heterocycles. The first kappa shape index (κ1) is 11.2. The molecular formula is C2H6FNO4S. The fraction of sp³-hybridized carbons (Fsp3) is 0.500. The van der Waals surface area contributed by atoms with Crippen molar-refractivity contribution in [2.24, 2.45) is 5.14 Å². The van der Waals surface area contributed by atoms with Gasteiger partial charge in [0.25, 0.3) is 0 Å². The van der Waals surface area contributed by atoms with E-state index < -0.39 is 15.3 Å². The lowest BCUT2D eigenvalue weighted by molar-refractivity contribution is 0.219. The predicted molar refractivity (Wildman–Crippen MR) is 28.2 cm³/mol. The van der Waals surface area contributed by atoms with E-state index in [2.05, 4.69) is 5.14 Å². The highest BCUT2D eigenvalue weighted by Crippen LogP contribution is 1.74. The molecular weight excluding hydrogens is 153 g/mol. The maximum absolute atomic E-state index is 9.51. The molecule has 0 fully saturated rings. The van der Waals surface area contributed by atoms with Crippen LogP contribution < -0.4 is 5.14 Å². The second kappa shape index (κ2) is 4.21. The van der Waals surface area contributed by atoms with Gasteiger partial charge in [0.1, 0.15) is 0 Å². The van der Waals surface area contributed by atoms with Crippen LogP contribution in [0.3, 0.4) is 0 Å². The Morgan fingerprint density at radius 1 is 1.56 bits per heavy atom. The van der Waals surface area contributed by atoms with Crippen LogP contribution in [0, 0.1) is 0 Å². The summed E-state index contributed by atoms with van der Waals surface area (Å²) in [6, 6.07) is 0. The zero-order valence-electron chi connectivity index (χ0n) is 4.54. The first-order chi connectivity index (χ1) is 3.94. The summed E-state index contributed by atoms with van der Waals surface area (Å²) in [7, 11) is -3.82. The number of primary sulfonamides is 1. The number of carboxylic acid groups (broad SMARTS) is 1. The molecule has 0 spiro atoms. The van der Waals surface area contributed by atoms with Crippen molar-refractivity contribution in [2.75, 3.05) is 7.18 Å². The topological polar surface area (TPSA) is 97.5 Å². The second-order valence-corrected chi connectivity index (χ2v) is 2.25. The summed E-state index contributed by atoms with van der Waals surface area (Å²) in [5.74, 6) is 0. The monoisotopic (exact) mass is 159 g/mol. The third-order valence-electron chi connectivity index (χ3n) is 0.243. The van der Waals surface area contributed by atoms with Crippen LogP contribution in [0.1, 0.15) is 0 Å². The molecule has 0 aromatic rings. The van der Waals surface area contributed by atoms with Crippen LogP contribution in [0.2, 0.25) is 0 Å². The van der Waals surface area contributed by atoms with Gasteiger partial charge in [-0.2, -0.15) is 0 Å². The number of rotatable bonds is 0. The number of halogens is 1. The van der Waals surface area contributed by atoms with Gasteiger partial charge in [-0.1, -0.05) is 0 Å². The average Bonchev–Trinajstić information content (AvgIpc) is 1.69. The van der Waals surface area contributed by atoms with Gasteiger partial charge in [0.05, 0.1) is 7.18 Å². The predicted octanol–water partition coefficient (Wildman–Crippen LogP) is -0.461. The molecule has 0 saturated heterocycles. The standard InChI is InChI=1S/CH3F.CH3NO4S/c1-2;2-7(5,6)1(3)4/h1H3;(H,3,4)(H2,2,5,6). The van der Waals surface area contributed by atoms with Crippen molar-refractivity contribution in [3.63, 3.8) is 0 Å². The van der Waals surface area contributed by atoms with E-state index in [1.54, 1.807) is 0 Å². The minimum absolute atomic E-state index is 0.500. The fourth-order valence-electron chi connectivity index (χ4n) is 0. The Labute approximate surface area is 51.3 Å². The van der Waals surface area contributed by atoms with Gasteiger partial charge in [-0.3, -0.25) is 4.39 Å². The minimum atomic E-state index is -4.32. The first-order valence-corrected chi connectivity index (χ1v) is 3.13. The van der Waals surface area contributed by atoms with Crippen LogP contribution in [0.25, 0.3) is 0 Å². The molecule has 0 aromatic carbocycles. The zero-order valence-corrected chi connectivity index (χ0v) is 5.35. The van der Waals surface area contributed by atoms with Crippen molar-refractivity contribution >= 4 is 15.3 Å². The average molecular weight is 159 g/mol. The molecule has 0 saturated carbocycles. The highest BCUT2D eigenvalue weighted by Gasteiger charge is 2.11. The number of carbonyl (C=O) groups is 1. The molecule has 9 heavy (non-hydrogen) atoms. The molecule has 3 N–H and O–H groups in total. The molecule has 0 unspecified atom stereocenters. The van der Waals surface area contributed by atoms with Gasteiger partial charge in [-0.15, -0.1) is 0 Å². The Bertz CT molecular complexity index is 173. The van der Waals surface area contributed by atoms with E-state index in [4.69, 9.17) is 5.11 Å². The first-order valence-electron chi connectivity index (χ1n) is 1.58. The molecule has 56 valence electrons. The third kappa shape index (κ3) is 7.31. The highest BCUT2D eigenvalue weighted by molar-refractivity contribution is 8.03. The summed E-state index contributed by atoms with van der Waals surface area (Å²) in [5, 5.41) is 9.58. The lowest BCUT2D eigenvalue weighted by Gasteiger charge is -1.80. The van der Waals surface area contributed by atoms with Gasteiger partial charge >= 0.3 is 15.3 Å². The molecule has 0 amide bonds. The Balaban J connectivity index is 0. The van der Waals surface area contributed by atoms with Crippen LogP contribution >= 0.6 is 0 Å². The Morgan fingerprint density at radius 3 is 1.67 bits per heavy atom. The molecule has 0 radical (unpaired) electrons. The number of hydrogen-bond acceptors (Lipinski definition) is 3. The molecule has 0 bridgehead atoms. The normalized spacial score (nSPS) is 9.22. The van der Waals surface area contributed by atoms with Gasteiger partial charge in [0.15, 0.2) is 0 Å². The summed E-state index contributed by atoms with van der Waals surface area (Å²) >= 11 is 0. The molecule has 0 aliphatic carbocycles. The SMILES string of the molecule is CF.NS(=O)(=O)C(=O)O. The highest BCUT2D eigenvalue weighted by atomic mass is 32.2. The van der Waals surface area contributed by atoms with E-state index in [0.717, 1.165) is 0 Å². The van der Waals surface area contributed by atoms with E-state index in [1.807, 2.05) is 0 Å². The second-order valence-electron chi connectivity index (χ2n) is 0.811. The summed E-state index contributed by atoms with van der Waals surface area (Å²) in [4.78, 5) is 9.31. The van der Waals surface area contributed by atoms with E-state index >= 15 is 0 Å². The molecule has 0 atom stereocenters. The van der Waals surface area contributed by atoms with E-state index in [0.29, 0.717) is 7.18 Å². The van der Waals surface area contributed by atoms with Crippen LogP contribution in [0.4, 0.5) is 9.18 Å². The molecule has 0 aliphatic heterocycles. The summed E-state index contributed by atoms with van der Waals surface area (Å²) in [6.45, 7) is 0. The Hall–Kier alpha value is -0.690. The van der Waals surface area contributed by atoms with Crippen molar-refractivity contribution in [3.05, 3.63) is 0 Å². The maximum atomic E-state index is 9.51. The maximum Gasteiger partial charge on any atom is 0.437 e. The van der Waals surface area contributed by atoms with E-state index in [9.17, 15) is 17.6 Å². The van der Waals surface area contributed by atoms with Crippen LogP contribution in [-0.2, 0) is 10.0 Å². The molecule has 0 rings (SSSR count). The quantitative estimate of drug-likeness (QED) is 0.499. The van der Waals surface area contributed by atoms with E-state index in [1.165, 1.54) is 0 Å². The summed E-state index contributed by atoms with van der Waals surface area (Å²) < 4.78 is 28.5. The Morgan fingerprint density at radius 2 is 1.67 bits per heavy atom. The van der Waals surface area contributed by atoms with Crippen LogP contribution in [0.5, 0.6) is 0 Å². The summed E-state index contributed by atoms with van der Waals surface area (Å²) in [6.07, 6.45) is 0. The molecule has 0 heterocycles. The van der Waals surface area contributed by atoms with Gasteiger partial charge in [-0.05, 0) is 0 Å². The minimum Gasteiger partial charge on any atom is -0.469 e. The van der Waals surface area contributed by atoms with Crippen molar-refractivity contribution in [2.45, 2.75) is 0 Å². The van der Waals surface area contributed by atoms with Gasteiger partial charge < -0.3 is 5.11 Å². The number of alkyl halides is 1. The number of nitrogens with two attached hydrogens (primary N) is 1. The lowest BCUT2D eigenvalue weighted by Crippen LogP contribution is -2.20.